The maximum atomic E-state index is 13.1. The number of hydrogen-bond donors (Lipinski definition) is 1. The van der Waals surface area contributed by atoms with Crippen LogP contribution in [0.5, 0.6) is 0 Å². The zero-order chi connectivity index (χ0) is 17.1. The summed E-state index contributed by atoms with van der Waals surface area (Å²) in [6.07, 6.45) is 3.63. The zero-order valence-electron chi connectivity index (χ0n) is 13.5. The zero-order valence-corrected chi connectivity index (χ0v) is 13.5. The van der Waals surface area contributed by atoms with Crippen molar-refractivity contribution >= 4 is 17.4 Å². The van der Waals surface area contributed by atoms with Crippen LogP contribution >= 0.6 is 0 Å². The lowest BCUT2D eigenvalue weighted by molar-refractivity contribution is -0.116. The summed E-state index contributed by atoms with van der Waals surface area (Å²) in [7, 11) is 0. The molecule has 0 atom stereocenters. The van der Waals surface area contributed by atoms with Crippen LogP contribution in [0.15, 0.2) is 91.3 Å². The second kappa shape index (κ2) is 6.61. The lowest BCUT2D eigenvalue weighted by atomic mass is 9.90. The molecule has 0 unspecified atom stereocenters. The molecule has 2 heterocycles. The van der Waals surface area contributed by atoms with Gasteiger partial charge in [0, 0.05) is 6.20 Å². The molecule has 0 aliphatic heterocycles. The van der Waals surface area contributed by atoms with E-state index in [-0.39, 0.29) is 5.91 Å². The summed E-state index contributed by atoms with van der Waals surface area (Å²) in [5, 5.41) is 2.97. The Morgan fingerprint density at radius 1 is 0.840 bits per heavy atom. The highest BCUT2D eigenvalue weighted by molar-refractivity contribution is 5.97. The fraction of sp³-hybridized carbons (Fsp3) is 0.0476. The largest absolute Gasteiger partial charge is 0.295 e. The van der Waals surface area contributed by atoms with Crippen LogP contribution in [0, 0.1) is 0 Å². The maximum absolute atomic E-state index is 13.1. The molecule has 0 aliphatic carbocycles. The van der Waals surface area contributed by atoms with Crippen molar-refractivity contribution in [2.75, 3.05) is 5.32 Å². The second-order valence-electron chi connectivity index (χ2n) is 5.82. The smallest absolute Gasteiger partial charge is 0.238 e. The van der Waals surface area contributed by atoms with E-state index in [1.54, 1.807) is 6.20 Å². The van der Waals surface area contributed by atoms with E-state index in [4.69, 9.17) is 0 Å². The summed E-state index contributed by atoms with van der Waals surface area (Å²) < 4.78 is 1.87. The highest BCUT2D eigenvalue weighted by Gasteiger charge is 2.23. The van der Waals surface area contributed by atoms with Crippen molar-refractivity contribution < 1.29 is 4.79 Å². The molecule has 0 fully saturated rings. The fourth-order valence-electron chi connectivity index (χ4n) is 3.00. The molecule has 0 aliphatic rings. The van der Waals surface area contributed by atoms with Gasteiger partial charge in [0.2, 0.25) is 11.9 Å². The van der Waals surface area contributed by atoms with Crippen LogP contribution in [0.4, 0.5) is 5.95 Å². The van der Waals surface area contributed by atoms with E-state index in [2.05, 4.69) is 10.3 Å². The molecule has 4 aromatic rings. The van der Waals surface area contributed by atoms with Gasteiger partial charge in [-0.3, -0.25) is 14.5 Å². The maximum Gasteiger partial charge on any atom is 0.238 e. The van der Waals surface area contributed by atoms with Gasteiger partial charge in [0.05, 0.1) is 17.6 Å². The first kappa shape index (κ1) is 15.1. The van der Waals surface area contributed by atoms with Crippen molar-refractivity contribution in [2.45, 2.75) is 5.92 Å². The quantitative estimate of drug-likeness (QED) is 0.613. The van der Waals surface area contributed by atoms with Crippen molar-refractivity contribution in [1.29, 1.82) is 0 Å². The van der Waals surface area contributed by atoms with E-state index >= 15 is 0 Å². The number of nitrogens with zero attached hydrogens (tertiary/aromatic N) is 2. The molecular formula is C21H17N3O. The Morgan fingerprint density at radius 3 is 2.08 bits per heavy atom. The molecule has 4 nitrogen and oxygen atoms in total. The number of fused-ring (bicyclic) bond motifs is 1. The van der Waals surface area contributed by atoms with Crippen molar-refractivity contribution in [3.8, 4) is 0 Å². The Hall–Kier alpha value is -3.40. The van der Waals surface area contributed by atoms with Crippen LogP contribution in [-0.4, -0.2) is 15.3 Å². The van der Waals surface area contributed by atoms with Crippen LogP contribution < -0.4 is 5.32 Å². The topological polar surface area (TPSA) is 46.4 Å². The average Bonchev–Trinajstić information content (AvgIpc) is 3.07. The van der Waals surface area contributed by atoms with Crippen LogP contribution in [0.25, 0.3) is 5.52 Å². The molecule has 25 heavy (non-hydrogen) atoms. The minimum absolute atomic E-state index is 0.103. The molecule has 2 aromatic heterocycles. The Kier molecular flexibility index (Phi) is 4.01. The predicted molar refractivity (Wildman–Crippen MR) is 98.5 cm³/mol. The Bertz CT molecular complexity index is 954. The van der Waals surface area contributed by atoms with Gasteiger partial charge in [0.15, 0.2) is 0 Å². The number of aromatic nitrogens is 2. The van der Waals surface area contributed by atoms with Crippen LogP contribution in [0.3, 0.4) is 0 Å². The third-order valence-electron chi connectivity index (χ3n) is 4.20. The van der Waals surface area contributed by atoms with Gasteiger partial charge < -0.3 is 0 Å². The van der Waals surface area contributed by atoms with Crippen molar-refractivity contribution in [3.63, 3.8) is 0 Å². The average molecular weight is 327 g/mol. The van der Waals surface area contributed by atoms with Gasteiger partial charge in [0.25, 0.3) is 0 Å². The first-order valence-corrected chi connectivity index (χ1v) is 8.16. The molecule has 1 amide bonds. The van der Waals surface area contributed by atoms with Crippen LogP contribution in [0.2, 0.25) is 0 Å². The van der Waals surface area contributed by atoms with E-state index in [9.17, 15) is 4.79 Å². The van der Waals surface area contributed by atoms with E-state index in [1.165, 1.54) is 0 Å². The second-order valence-corrected chi connectivity index (χ2v) is 5.82. The van der Waals surface area contributed by atoms with Gasteiger partial charge in [0.1, 0.15) is 0 Å². The summed E-state index contributed by atoms with van der Waals surface area (Å²) in [4.78, 5) is 17.4. The predicted octanol–water partition coefficient (Wildman–Crippen LogP) is 4.10. The highest BCUT2D eigenvalue weighted by atomic mass is 16.2. The number of carbonyl (C=O) groups excluding carboxylic acids is 1. The Balaban J connectivity index is 1.71. The van der Waals surface area contributed by atoms with E-state index in [1.807, 2.05) is 89.5 Å². The highest BCUT2D eigenvalue weighted by Crippen LogP contribution is 2.26. The van der Waals surface area contributed by atoms with Crippen molar-refractivity contribution in [3.05, 3.63) is 102 Å². The standard InChI is InChI=1S/C21H17N3O/c25-20(23-21-22-15-18-13-7-8-14-24(18)21)19(16-9-3-1-4-10-16)17-11-5-2-6-12-17/h1-15,19H,(H,22,23,25). The number of rotatable bonds is 4. The van der Waals surface area contributed by atoms with Gasteiger partial charge in [-0.1, -0.05) is 66.7 Å². The number of anilines is 1. The number of amides is 1. The molecule has 0 bridgehead atoms. The Morgan fingerprint density at radius 2 is 1.44 bits per heavy atom. The number of hydrogen-bond acceptors (Lipinski definition) is 2. The molecule has 4 rings (SSSR count). The van der Waals surface area contributed by atoms with Crippen LogP contribution in [-0.2, 0) is 4.79 Å². The third-order valence-corrected chi connectivity index (χ3v) is 4.20. The molecule has 0 saturated carbocycles. The SMILES string of the molecule is O=C(Nc1ncc2ccccn12)C(c1ccccc1)c1ccccc1. The van der Waals surface area contributed by atoms with Gasteiger partial charge in [-0.25, -0.2) is 4.98 Å². The monoisotopic (exact) mass is 327 g/mol. The van der Waals surface area contributed by atoms with Gasteiger partial charge >= 0.3 is 0 Å². The summed E-state index contributed by atoms with van der Waals surface area (Å²) in [5.41, 5.74) is 2.84. The molecule has 1 N–H and O–H groups in total. The third kappa shape index (κ3) is 3.02. The number of imidazole rings is 1. The van der Waals surface area contributed by atoms with Gasteiger partial charge in [-0.2, -0.15) is 0 Å². The molecule has 0 saturated heterocycles. The van der Waals surface area contributed by atoms with Gasteiger partial charge in [-0.15, -0.1) is 0 Å². The summed E-state index contributed by atoms with van der Waals surface area (Å²) in [6.45, 7) is 0. The van der Waals surface area contributed by atoms with E-state index in [0.29, 0.717) is 5.95 Å². The fourth-order valence-corrected chi connectivity index (χ4v) is 3.00. The lowest BCUT2D eigenvalue weighted by Crippen LogP contribution is -2.23. The van der Waals surface area contributed by atoms with Gasteiger partial charge in [-0.05, 0) is 23.3 Å². The molecule has 122 valence electrons. The number of nitrogens with one attached hydrogen (secondary N) is 1. The minimum Gasteiger partial charge on any atom is -0.295 e. The van der Waals surface area contributed by atoms with Crippen LogP contribution in [0.1, 0.15) is 17.0 Å². The first-order valence-electron chi connectivity index (χ1n) is 8.16. The van der Waals surface area contributed by atoms with E-state index < -0.39 is 5.92 Å². The van der Waals surface area contributed by atoms with Crippen molar-refractivity contribution in [2.24, 2.45) is 0 Å². The normalized spacial score (nSPS) is 10.9. The number of carbonyl (C=O) groups is 1. The van der Waals surface area contributed by atoms with Crippen molar-refractivity contribution in [1.82, 2.24) is 9.38 Å². The molecule has 0 spiro atoms. The minimum atomic E-state index is -0.390. The number of pyridine rings is 1. The summed E-state index contributed by atoms with van der Waals surface area (Å²) in [6, 6.07) is 25.4. The molecule has 4 heteroatoms. The number of benzene rings is 2. The first-order chi connectivity index (χ1) is 12.3. The molecule has 2 aromatic carbocycles. The summed E-state index contributed by atoms with van der Waals surface area (Å²) >= 11 is 0. The Labute approximate surface area is 145 Å². The summed E-state index contributed by atoms with van der Waals surface area (Å²) in [5.74, 6) is 0.0321. The molecular weight excluding hydrogens is 310 g/mol. The van der Waals surface area contributed by atoms with E-state index in [0.717, 1.165) is 16.6 Å². The molecule has 0 radical (unpaired) electrons. The lowest BCUT2D eigenvalue weighted by Gasteiger charge is -2.17.